The lowest BCUT2D eigenvalue weighted by Gasteiger charge is -2.07. The van der Waals surface area contributed by atoms with Crippen LogP contribution < -0.4 is 4.74 Å². The number of carbonyl (C=O) groups excluding carboxylic acids is 2. The van der Waals surface area contributed by atoms with Crippen molar-refractivity contribution >= 4 is 11.9 Å². The molecule has 0 saturated carbocycles. The summed E-state index contributed by atoms with van der Waals surface area (Å²) in [5.41, 5.74) is 1.93. The molecule has 0 spiro atoms. The lowest BCUT2D eigenvalue weighted by Crippen LogP contribution is -2.11. The third kappa shape index (κ3) is 5.21. The molecule has 0 heterocycles. The van der Waals surface area contributed by atoms with Crippen molar-refractivity contribution in [2.45, 2.75) is 13.8 Å². The van der Waals surface area contributed by atoms with Crippen LogP contribution in [0.25, 0.3) is 0 Å². The van der Waals surface area contributed by atoms with Gasteiger partial charge in [-0.25, -0.2) is 9.59 Å². The average molecular weight is 328 g/mol. The van der Waals surface area contributed by atoms with Gasteiger partial charge in [-0.2, -0.15) is 0 Å². The molecule has 0 radical (unpaired) electrons. The van der Waals surface area contributed by atoms with Crippen LogP contribution >= 0.6 is 0 Å². The van der Waals surface area contributed by atoms with Crippen molar-refractivity contribution in [3.8, 4) is 5.75 Å². The fraction of sp³-hybridized carbons (Fsp3) is 0.263. The number of carbonyl (C=O) groups is 2. The van der Waals surface area contributed by atoms with E-state index in [0.29, 0.717) is 30.1 Å². The molecule has 5 nitrogen and oxygen atoms in total. The van der Waals surface area contributed by atoms with E-state index in [1.807, 2.05) is 26.0 Å². The molecule has 0 amide bonds. The molecule has 0 saturated heterocycles. The summed E-state index contributed by atoms with van der Waals surface area (Å²) >= 11 is 0. The molecule has 0 bridgehead atoms. The van der Waals surface area contributed by atoms with Crippen molar-refractivity contribution in [2.24, 2.45) is 0 Å². The molecule has 0 aliphatic heterocycles. The molecule has 24 heavy (non-hydrogen) atoms. The lowest BCUT2D eigenvalue weighted by atomic mass is 10.1. The number of ether oxygens (including phenoxy) is 3. The van der Waals surface area contributed by atoms with E-state index in [9.17, 15) is 9.59 Å². The second-order valence-corrected chi connectivity index (χ2v) is 5.11. The predicted octanol–water partition coefficient (Wildman–Crippen LogP) is 3.41. The van der Waals surface area contributed by atoms with E-state index >= 15 is 0 Å². The van der Waals surface area contributed by atoms with E-state index in [1.165, 1.54) is 0 Å². The highest BCUT2D eigenvalue weighted by Gasteiger charge is 2.10. The molecule has 0 aliphatic rings. The fourth-order valence-corrected chi connectivity index (χ4v) is 1.94. The maximum Gasteiger partial charge on any atom is 0.343 e. The van der Waals surface area contributed by atoms with Gasteiger partial charge in [0.15, 0.2) is 0 Å². The van der Waals surface area contributed by atoms with Gasteiger partial charge in [0.1, 0.15) is 12.4 Å². The third-order valence-corrected chi connectivity index (χ3v) is 3.25. The number of aryl methyl sites for hydroxylation is 1. The molecular formula is C19H20O5. The molecule has 5 heteroatoms. The number of esters is 2. The van der Waals surface area contributed by atoms with Gasteiger partial charge in [0.05, 0.1) is 17.7 Å². The summed E-state index contributed by atoms with van der Waals surface area (Å²) in [6.45, 7) is 4.98. The van der Waals surface area contributed by atoms with Gasteiger partial charge in [-0.3, -0.25) is 0 Å². The Labute approximate surface area is 141 Å². The van der Waals surface area contributed by atoms with Crippen LogP contribution in [0.1, 0.15) is 33.2 Å². The van der Waals surface area contributed by atoms with Crippen molar-refractivity contribution in [2.75, 3.05) is 19.8 Å². The summed E-state index contributed by atoms with van der Waals surface area (Å²) in [4.78, 5) is 23.8. The Bertz CT molecular complexity index is 674. The lowest BCUT2D eigenvalue weighted by molar-refractivity contribution is 0.0335. The van der Waals surface area contributed by atoms with Crippen molar-refractivity contribution < 1.29 is 23.8 Å². The fourth-order valence-electron chi connectivity index (χ4n) is 1.94. The summed E-state index contributed by atoms with van der Waals surface area (Å²) in [6, 6.07) is 13.3. The SMILES string of the molecule is CCOCCOC(=O)c1ccc(OC(=O)c2ccc(C)cc2)cc1. The smallest absolute Gasteiger partial charge is 0.343 e. The average Bonchev–Trinajstić information content (AvgIpc) is 2.59. The van der Waals surface area contributed by atoms with E-state index < -0.39 is 11.9 Å². The molecular weight excluding hydrogens is 308 g/mol. The van der Waals surface area contributed by atoms with Gasteiger partial charge in [-0.05, 0) is 50.2 Å². The summed E-state index contributed by atoms with van der Waals surface area (Å²) in [5.74, 6) is -0.514. The second kappa shape index (κ2) is 8.84. The zero-order valence-electron chi connectivity index (χ0n) is 13.8. The topological polar surface area (TPSA) is 61.8 Å². The summed E-state index contributed by atoms with van der Waals surface area (Å²) in [6.07, 6.45) is 0. The first-order valence-electron chi connectivity index (χ1n) is 7.74. The molecule has 0 unspecified atom stereocenters. The Morgan fingerprint density at radius 2 is 1.42 bits per heavy atom. The van der Waals surface area contributed by atoms with Gasteiger partial charge in [0.25, 0.3) is 0 Å². The van der Waals surface area contributed by atoms with Crippen LogP contribution in [0.2, 0.25) is 0 Å². The molecule has 0 atom stereocenters. The Morgan fingerprint density at radius 3 is 2.04 bits per heavy atom. The van der Waals surface area contributed by atoms with Crippen LogP contribution in [0.4, 0.5) is 0 Å². The van der Waals surface area contributed by atoms with E-state index in [-0.39, 0.29) is 6.61 Å². The van der Waals surface area contributed by atoms with Crippen molar-refractivity contribution in [3.63, 3.8) is 0 Å². The Balaban J connectivity index is 1.90. The van der Waals surface area contributed by atoms with Gasteiger partial charge in [-0.1, -0.05) is 17.7 Å². The number of benzene rings is 2. The molecule has 0 aliphatic carbocycles. The molecule has 2 rings (SSSR count). The number of rotatable bonds is 7. The third-order valence-electron chi connectivity index (χ3n) is 3.25. The highest BCUT2D eigenvalue weighted by atomic mass is 16.6. The molecule has 2 aromatic rings. The van der Waals surface area contributed by atoms with Crippen LogP contribution in [-0.2, 0) is 9.47 Å². The standard InChI is InChI=1S/C19H20O5/c1-3-22-12-13-23-18(20)15-8-10-17(11-9-15)24-19(21)16-6-4-14(2)5-7-16/h4-11H,3,12-13H2,1-2H3. The van der Waals surface area contributed by atoms with E-state index in [0.717, 1.165) is 5.56 Å². The van der Waals surface area contributed by atoms with E-state index in [2.05, 4.69) is 0 Å². The molecule has 0 fully saturated rings. The maximum absolute atomic E-state index is 12.0. The quantitative estimate of drug-likeness (QED) is 0.443. The normalized spacial score (nSPS) is 10.2. The van der Waals surface area contributed by atoms with Crippen LogP contribution in [0.15, 0.2) is 48.5 Å². The van der Waals surface area contributed by atoms with E-state index in [4.69, 9.17) is 14.2 Å². The molecule has 2 aromatic carbocycles. The molecule has 126 valence electrons. The van der Waals surface area contributed by atoms with Gasteiger partial charge < -0.3 is 14.2 Å². The van der Waals surface area contributed by atoms with Gasteiger partial charge in [0, 0.05) is 6.61 Å². The van der Waals surface area contributed by atoms with Gasteiger partial charge in [-0.15, -0.1) is 0 Å². The maximum atomic E-state index is 12.0. The van der Waals surface area contributed by atoms with Crippen molar-refractivity contribution in [1.82, 2.24) is 0 Å². The summed E-state index contributed by atoms with van der Waals surface area (Å²) in [7, 11) is 0. The minimum absolute atomic E-state index is 0.205. The monoisotopic (exact) mass is 328 g/mol. The van der Waals surface area contributed by atoms with Gasteiger partial charge >= 0.3 is 11.9 Å². The van der Waals surface area contributed by atoms with E-state index in [1.54, 1.807) is 36.4 Å². The number of hydrogen-bond acceptors (Lipinski definition) is 5. The highest BCUT2D eigenvalue weighted by molar-refractivity contribution is 5.92. The van der Waals surface area contributed by atoms with Crippen molar-refractivity contribution in [1.29, 1.82) is 0 Å². The second-order valence-electron chi connectivity index (χ2n) is 5.11. The Kier molecular flexibility index (Phi) is 6.51. The first-order chi connectivity index (χ1) is 11.6. The zero-order chi connectivity index (χ0) is 17.4. The summed E-state index contributed by atoms with van der Waals surface area (Å²) in [5, 5.41) is 0. The first kappa shape index (κ1) is 17.7. The van der Waals surface area contributed by atoms with Crippen LogP contribution in [0, 0.1) is 6.92 Å². The van der Waals surface area contributed by atoms with Gasteiger partial charge in [0.2, 0.25) is 0 Å². The van der Waals surface area contributed by atoms with Crippen LogP contribution in [-0.4, -0.2) is 31.8 Å². The molecule has 0 N–H and O–H groups in total. The minimum atomic E-state index is -0.443. The Morgan fingerprint density at radius 1 is 0.833 bits per heavy atom. The van der Waals surface area contributed by atoms with Crippen molar-refractivity contribution in [3.05, 3.63) is 65.2 Å². The highest BCUT2D eigenvalue weighted by Crippen LogP contribution is 2.15. The summed E-state index contributed by atoms with van der Waals surface area (Å²) < 4.78 is 15.4. The minimum Gasteiger partial charge on any atom is -0.460 e. The Hall–Kier alpha value is -2.66. The van der Waals surface area contributed by atoms with Crippen LogP contribution in [0.5, 0.6) is 5.75 Å². The first-order valence-corrected chi connectivity index (χ1v) is 7.74. The van der Waals surface area contributed by atoms with Crippen LogP contribution in [0.3, 0.4) is 0 Å². The molecule has 0 aromatic heterocycles. The predicted molar refractivity (Wildman–Crippen MR) is 89.4 cm³/mol. The number of hydrogen-bond donors (Lipinski definition) is 0. The largest absolute Gasteiger partial charge is 0.460 e. The zero-order valence-corrected chi connectivity index (χ0v) is 13.8.